The van der Waals surface area contributed by atoms with E-state index in [4.69, 9.17) is 4.62 Å². The van der Waals surface area contributed by atoms with Gasteiger partial charge in [-0.3, -0.25) is 0 Å². The lowest BCUT2D eigenvalue weighted by molar-refractivity contribution is 0.220. The Morgan fingerprint density at radius 2 is 1.00 bits per heavy atom. The third kappa shape index (κ3) is 2.42. The second-order valence-corrected chi connectivity index (χ2v) is 8.59. The molecule has 0 aromatic rings. The molecule has 0 unspecified atom stereocenters. The van der Waals surface area contributed by atoms with E-state index < -0.39 is 7.94 Å². The molecule has 0 saturated carbocycles. The van der Waals surface area contributed by atoms with Gasteiger partial charge in [0.05, 0.1) is 0 Å². The molecule has 0 aromatic heterocycles. The van der Waals surface area contributed by atoms with Crippen LogP contribution < -0.4 is 0 Å². The average molecular weight is 285 g/mol. The van der Waals surface area contributed by atoms with Gasteiger partial charge in [-0.15, -0.1) is 14.0 Å². The molecular weight excluding hydrogens is 259 g/mol. The Morgan fingerprint density at radius 1 is 0.684 bits per heavy atom. The molecule has 3 fully saturated rings. The number of hydrogen-bond donors (Lipinski definition) is 0. The predicted molar refractivity (Wildman–Crippen MR) is 80.0 cm³/mol. The molecule has 3 heterocycles. The Kier molecular flexibility index (Phi) is 4.37. The molecule has 0 amide bonds. The van der Waals surface area contributed by atoms with Gasteiger partial charge >= 0.3 is 7.94 Å². The summed E-state index contributed by atoms with van der Waals surface area (Å²) in [6.45, 7) is 10.6. The zero-order valence-electron chi connectivity index (χ0n) is 11.8. The van der Waals surface area contributed by atoms with Crippen molar-refractivity contribution in [3.05, 3.63) is 0 Å². The van der Waals surface area contributed by atoms with E-state index in [9.17, 15) is 0 Å². The van der Waals surface area contributed by atoms with E-state index in [1.807, 2.05) is 0 Å². The molecule has 0 spiro atoms. The summed E-state index contributed by atoms with van der Waals surface area (Å²) in [6, 6.07) is 0. The van der Waals surface area contributed by atoms with Crippen molar-refractivity contribution in [3.8, 4) is 0 Å². The summed E-state index contributed by atoms with van der Waals surface area (Å²) in [4.78, 5) is 0. The van der Waals surface area contributed by atoms with E-state index in [1.165, 1.54) is 38.5 Å². The Morgan fingerprint density at radius 3 is 1.26 bits per heavy atom. The third-order valence-corrected chi connectivity index (χ3v) is 8.27. The lowest BCUT2D eigenvalue weighted by Gasteiger charge is -2.38. The maximum absolute atomic E-state index is 6.08. The fraction of sp³-hybridized carbons (Fsp3) is 0.923. The topological polar surface area (TPSA) is 31.3 Å². The summed E-state index contributed by atoms with van der Waals surface area (Å²) in [7, 11) is -1.87. The van der Waals surface area contributed by atoms with Gasteiger partial charge in [0.1, 0.15) is 0 Å². The van der Waals surface area contributed by atoms with Crippen LogP contribution in [0.2, 0.25) is 0 Å². The number of hydrogen-bond acceptors (Lipinski definition) is 5. The minimum Gasteiger partial charge on any atom is -0.185 e. The van der Waals surface area contributed by atoms with Gasteiger partial charge in [0.2, 0.25) is 0 Å². The van der Waals surface area contributed by atoms with Crippen LogP contribution in [0.5, 0.6) is 0 Å². The quantitative estimate of drug-likeness (QED) is 0.441. The smallest absolute Gasteiger partial charge is 0.185 e. The van der Waals surface area contributed by atoms with Crippen molar-refractivity contribution in [1.82, 2.24) is 14.0 Å². The largest absolute Gasteiger partial charge is 0.451 e. The molecule has 3 aliphatic heterocycles. The van der Waals surface area contributed by atoms with E-state index >= 15 is 0 Å². The molecule has 3 saturated heterocycles. The van der Waals surface area contributed by atoms with Crippen molar-refractivity contribution in [2.75, 3.05) is 39.3 Å². The van der Waals surface area contributed by atoms with E-state index in [1.54, 1.807) is 0 Å². The van der Waals surface area contributed by atoms with Gasteiger partial charge in [-0.25, -0.2) is 0 Å². The molecule has 0 bridgehead atoms. The molecule has 3 aliphatic rings. The van der Waals surface area contributed by atoms with Crippen LogP contribution in [0.4, 0.5) is 0 Å². The summed E-state index contributed by atoms with van der Waals surface area (Å²) in [5.41, 5.74) is 0. The highest BCUT2D eigenvalue weighted by atomic mass is 31.2. The van der Waals surface area contributed by atoms with Gasteiger partial charge in [-0.1, -0.05) is 0 Å². The van der Waals surface area contributed by atoms with Gasteiger partial charge in [-0.2, -0.15) is 4.62 Å². The zero-order chi connectivity index (χ0) is 13.1. The SMILES string of the molecule is C=NO[P+](N1CCCC1)(N1CCCC1)N1CCCC1. The zero-order valence-corrected chi connectivity index (χ0v) is 12.7. The van der Waals surface area contributed by atoms with Gasteiger partial charge in [0.25, 0.3) is 0 Å². The fourth-order valence-electron chi connectivity index (χ4n) is 3.65. The summed E-state index contributed by atoms with van der Waals surface area (Å²) in [5.74, 6) is 0. The molecule has 6 heteroatoms. The molecular formula is C13H26N4OP+. The van der Waals surface area contributed by atoms with Crippen LogP contribution in [0.3, 0.4) is 0 Å². The van der Waals surface area contributed by atoms with Crippen molar-refractivity contribution in [3.63, 3.8) is 0 Å². The number of rotatable bonds is 5. The molecule has 3 rings (SSSR count). The molecule has 0 aliphatic carbocycles. The second kappa shape index (κ2) is 6.04. The first-order chi connectivity index (χ1) is 9.38. The Bertz CT molecular complexity index is 269. The van der Waals surface area contributed by atoms with Crippen molar-refractivity contribution in [2.24, 2.45) is 5.16 Å². The van der Waals surface area contributed by atoms with E-state index in [0.717, 1.165) is 39.3 Å². The first kappa shape index (κ1) is 13.7. The Labute approximate surface area is 117 Å². The third-order valence-electron chi connectivity index (χ3n) is 4.52. The monoisotopic (exact) mass is 285 g/mol. The summed E-state index contributed by atoms with van der Waals surface area (Å²) in [6.07, 6.45) is 7.77. The minimum atomic E-state index is -1.87. The molecule has 0 atom stereocenters. The van der Waals surface area contributed by atoms with Crippen LogP contribution in [0.25, 0.3) is 0 Å². The van der Waals surface area contributed by atoms with Gasteiger partial charge in [0, 0.05) is 46.0 Å². The van der Waals surface area contributed by atoms with Crippen LogP contribution in [0.1, 0.15) is 38.5 Å². The van der Waals surface area contributed by atoms with Crippen LogP contribution in [0.15, 0.2) is 5.16 Å². The lowest BCUT2D eigenvalue weighted by atomic mass is 10.4. The lowest BCUT2D eigenvalue weighted by Crippen LogP contribution is -2.43. The summed E-state index contributed by atoms with van der Waals surface area (Å²) < 4.78 is 13.9. The number of oxime groups is 1. The molecule has 0 radical (unpaired) electrons. The van der Waals surface area contributed by atoms with E-state index in [-0.39, 0.29) is 0 Å². The first-order valence-electron chi connectivity index (χ1n) is 7.68. The summed E-state index contributed by atoms with van der Waals surface area (Å²) >= 11 is 0. The van der Waals surface area contributed by atoms with Crippen molar-refractivity contribution in [1.29, 1.82) is 0 Å². The van der Waals surface area contributed by atoms with Gasteiger partial charge < -0.3 is 0 Å². The maximum atomic E-state index is 6.08. The van der Waals surface area contributed by atoms with Crippen molar-refractivity contribution in [2.45, 2.75) is 38.5 Å². The van der Waals surface area contributed by atoms with Gasteiger partial charge in [0.15, 0.2) is 0 Å². The van der Waals surface area contributed by atoms with Crippen molar-refractivity contribution < 1.29 is 4.62 Å². The average Bonchev–Trinajstić information content (AvgIpc) is 3.18. The number of nitrogens with zero attached hydrogens (tertiary/aromatic N) is 4. The molecule has 0 N–H and O–H groups in total. The van der Waals surface area contributed by atoms with Gasteiger partial charge in [-0.05, 0) is 43.7 Å². The standard InChI is InChI=1S/C13H26N4OP/c1-14-18-19(15-8-2-3-9-15,16-10-4-5-11-16)17-12-6-7-13-17/h1-13H2/q+1. The second-order valence-electron chi connectivity index (χ2n) is 5.71. The van der Waals surface area contributed by atoms with E-state index in [2.05, 4.69) is 25.9 Å². The van der Waals surface area contributed by atoms with Crippen LogP contribution >= 0.6 is 7.94 Å². The van der Waals surface area contributed by atoms with E-state index in [0.29, 0.717) is 0 Å². The molecule has 19 heavy (non-hydrogen) atoms. The molecule has 5 nitrogen and oxygen atoms in total. The highest BCUT2D eigenvalue weighted by Gasteiger charge is 2.63. The highest BCUT2D eigenvalue weighted by Crippen LogP contribution is 2.71. The minimum absolute atomic E-state index is 1.16. The molecule has 0 aromatic carbocycles. The van der Waals surface area contributed by atoms with Crippen molar-refractivity contribution >= 4 is 14.7 Å². The van der Waals surface area contributed by atoms with Crippen LogP contribution in [0, 0.1) is 0 Å². The fourth-order valence-corrected chi connectivity index (χ4v) is 7.60. The predicted octanol–water partition coefficient (Wildman–Crippen LogP) is 2.58. The summed E-state index contributed by atoms with van der Waals surface area (Å²) in [5, 5.41) is 3.92. The normalized spacial score (nSPS) is 27.2. The first-order valence-corrected chi connectivity index (χ1v) is 9.24. The maximum Gasteiger partial charge on any atom is 0.451 e. The molecule has 108 valence electrons. The van der Waals surface area contributed by atoms with Crippen LogP contribution in [-0.4, -0.2) is 60.0 Å². The highest BCUT2D eigenvalue weighted by molar-refractivity contribution is 7.64. The van der Waals surface area contributed by atoms with Crippen LogP contribution in [-0.2, 0) is 4.62 Å². The Hall–Kier alpha value is -0.220. The Balaban J connectivity index is 1.90.